The second-order valence-electron chi connectivity index (χ2n) is 7.16. The van der Waals surface area contributed by atoms with Crippen LogP contribution in [0.15, 0.2) is 84.4 Å². The first-order valence-corrected chi connectivity index (χ1v) is 9.32. The Balaban J connectivity index is 1.85. The van der Waals surface area contributed by atoms with E-state index >= 15 is 0 Å². The van der Waals surface area contributed by atoms with Crippen molar-refractivity contribution >= 4 is 11.4 Å². The van der Waals surface area contributed by atoms with E-state index in [1.54, 1.807) is 6.92 Å². The Hall–Kier alpha value is -3.13. The lowest BCUT2D eigenvalue weighted by Crippen LogP contribution is -2.24. The molecule has 0 bridgehead atoms. The van der Waals surface area contributed by atoms with E-state index in [0.717, 1.165) is 23.4 Å². The van der Waals surface area contributed by atoms with Gasteiger partial charge in [0.2, 0.25) is 0 Å². The first-order valence-electron chi connectivity index (χ1n) is 9.32. The third-order valence-corrected chi connectivity index (χ3v) is 5.13. The lowest BCUT2D eigenvalue weighted by atomic mass is 9.89. The standard InChI is InChI=1S/C25H23NO/c1-17-7-4-9-20(15-17)25-18(2)8-5-11-23(25)21-13-14-22-10-6-12-24(19(3)27)26(22)16-21/h4-5,7-16H,6H2,1-3H3. The summed E-state index contributed by atoms with van der Waals surface area (Å²) in [6.07, 6.45) is 11.3. The fraction of sp³-hybridized carbons (Fsp3) is 0.160. The van der Waals surface area contributed by atoms with Gasteiger partial charge in [0.25, 0.3) is 0 Å². The molecule has 0 aromatic heterocycles. The van der Waals surface area contributed by atoms with E-state index in [9.17, 15) is 4.79 Å². The van der Waals surface area contributed by atoms with Gasteiger partial charge in [-0.25, -0.2) is 0 Å². The molecule has 0 saturated heterocycles. The van der Waals surface area contributed by atoms with E-state index in [1.807, 2.05) is 11.0 Å². The van der Waals surface area contributed by atoms with Crippen LogP contribution in [0.2, 0.25) is 0 Å². The molecule has 2 heteroatoms. The minimum atomic E-state index is 0.0923. The first-order chi connectivity index (χ1) is 13.0. The van der Waals surface area contributed by atoms with Crippen molar-refractivity contribution in [3.05, 3.63) is 101 Å². The van der Waals surface area contributed by atoms with Crippen molar-refractivity contribution in [1.29, 1.82) is 0 Å². The molecule has 2 nitrogen and oxygen atoms in total. The minimum Gasteiger partial charge on any atom is -0.314 e. The van der Waals surface area contributed by atoms with Crippen LogP contribution in [0, 0.1) is 13.8 Å². The molecular formula is C25H23NO. The van der Waals surface area contributed by atoms with E-state index < -0.39 is 0 Å². The highest BCUT2D eigenvalue weighted by Gasteiger charge is 2.22. The molecular weight excluding hydrogens is 330 g/mol. The molecule has 0 atom stereocenters. The predicted molar refractivity (Wildman–Crippen MR) is 112 cm³/mol. The lowest BCUT2D eigenvalue weighted by molar-refractivity contribution is -0.114. The van der Waals surface area contributed by atoms with E-state index in [4.69, 9.17) is 0 Å². The second kappa shape index (κ2) is 6.88. The van der Waals surface area contributed by atoms with Crippen LogP contribution in [-0.2, 0) is 4.79 Å². The van der Waals surface area contributed by atoms with Gasteiger partial charge in [-0.3, -0.25) is 4.79 Å². The van der Waals surface area contributed by atoms with Crippen molar-refractivity contribution < 1.29 is 4.79 Å². The topological polar surface area (TPSA) is 20.3 Å². The van der Waals surface area contributed by atoms with Crippen molar-refractivity contribution in [3.63, 3.8) is 0 Å². The molecule has 2 aliphatic heterocycles. The maximum absolute atomic E-state index is 12.1. The number of carbonyl (C=O) groups is 1. The number of benzene rings is 2. The summed E-state index contributed by atoms with van der Waals surface area (Å²) in [7, 11) is 0. The third kappa shape index (κ3) is 3.19. The van der Waals surface area contributed by atoms with Gasteiger partial charge >= 0.3 is 0 Å². The Morgan fingerprint density at radius 2 is 1.81 bits per heavy atom. The summed E-state index contributed by atoms with van der Waals surface area (Å²) in [4.78, 5) is 14.1. The molecule has 2 aromatic carbocycles. The Bertz CT molecular complexity index is 1050. The number of Topliss-reactive ketones (excluding diaryl/α,β-unsaturated/α-hetero) is 1. The Labute approximate surface area is 160 Å². The molecule has 0 amide bonds. The number of fused-ring (bicyclic) bond motifs is 1. The van der Waals surface area contributed by atoms with Gasteiger partial charge in [-0.2, -0.15) is 0 Å². The molecule has 0 unspecified atom stereocenters. The van der Waals surface area contributed by atoms with Crippen molar-refractivity contribution in [2.75, 3.05) is 0 Å². The van der Waals surface area contributed by atoms with Crippen molar-refractivity contribution in [2.45, 2.75) is 27.2 Å². The van der Waals surface area contributed by atoms with Crippen LogP contribution in [0.5, 0.6) is 0 Å². The number of hydrogen-bond donors (Lipinski definition) is 0. The number of aryl methyl sites for hydroxylation is 2. The lowest BCUT2D eigenvalue weighted by Gasteiger charge is -2.30. The molecule has 0 spiro atoms. The number of rotatable bonds is 3. The highest BCUT2D eigenvalue weighted by Crippen LogP contribution is 2.37. The van der Waals surface area contributed by atoms with E-state index in [-0.39, 0.29) is 5.78 Å². The molecule has 4 rings (SSSR count). The van der Waals surface area contributed by atoms with Gasteiger partial charge in [-0.1, -0.05) is 66.3 Å². The SMILES string of the molecule is CC(=O)C1=CCC=C2C=CC(c3cccc(C)c3-c3cccc(C)c3)=CN21. The molecule has 27 heavy (non-hydrogen) atoms. The van der Waals surface area contributed by atoms with Crippen LogP contribution in [0.4, 0.5) is 0 Å². The summed E-state index contributed by atoms with van der Waals surface area (Å²) in [5.74, 6) is 0.0923. The number of hydrogen-bond acceptors (Lipinski definition) is 2. The molecule has 0 radical (unpaired) electrons. The maximum Gasteiger partial charge on any atom is 0.176 e. The largest absolute Gasteiger partial charge is 0.314 e. The molecule has 0 fully saturated rings. The van der Waals surface area contributed by atoms with Crippen molar-refractivity contribution in [2.24, 2.45) is 0 Å². The quantitative estimate of drug-likeness (QED) is 0.680. The third-order valence-electron chi connectivity index (χ3n) is 5.13. The zero-order valence-corrected chi connectivity index (χ0v) is 16.0. The van der Waals surface area contributed by atoms with Crippen LogP contribution in [0.1, 0.15) is 30.0 Å². The molecule has 2 aliphatic rings. The van der Waals surface area contributed by atoms with Crippen LogP contribution in [-0.4, -0.2) is 10.7 Å². The Morgan fingerprint density at radius 3 is 2.59 bits per heavy atom. The van der Waals surface area contributed by atoms with Gasteiger partial charge < -0.3 is 4.90 Å². The molecule has 0 saturated carbocycles. The first kappa shape index (κ1) is 17.3. The Morgan fingerprint density at radius 1 is 1.00 bits per heavy atom. The molecule has 0 N–H and O–H groups in total. The summed E-state index contributed by atoms with van der Waals surface area (Å²) in [5, 5.41) is 0. The predicted octanol–water partition coefficient (Wildman–Crippen LogP) is 5.94. The van der Waals surface area contributed by atoms with E-state index in [2.05, 4.69) is 80.7 Å². The van der Waals surface area contributed by atoms with Crippen LogP contribution >= 0.6 is 0 Å². The summed E-state index contributed by atoms with van der Waals surface area (Å²) < 4.78 is 0. The molecule has 2 heterocycles. The summed E-state index contributed by atoms with van der Waals surface area (Å²) in [6.45, 7) is 5.91. The molecule has 0 aliphatic carbocycles. The van der Waals surface area contributed by atoms with Gasteiger partial charge in [0.15, 0.2) is 5.78 Å². The Kier molecular flexibility index (Phi) is 4.41. The van der Waals surface area contributed by atoms with E-state index in [1.165, 1.54) is 27.8 Å². The van der Waals surface area contributed by atoms with Gasteiger partial charge in [-0.15, -0.1) is 0 Å². The summed E-state index contributed by atoms with van der Waals surface area (Å²) in [6, 6.07) is 15.0. The normalized spacial score (nSPS) is 15.7. The fourth-order valence-electron chi connectivity index (χ4n) is 3.84. The van der Waals surface area contributed by atoms with Crippen LogP contribution in [0.3, 0.4) is 0 Å². The number of carbonyl (C=O) groups excluding carboxylic acids is 1. The smallest absolute Gasteiger partial charge is 0.176 e. The van der Waals surface area contributed by atoms with Crippen LogP contribution in [0.25, 0.3) is 16.7 Å². The molecule has 2 aromatic rings. The number of nitrogens with zero attached hydrogens (tertiary/aromatic N) is 1. The number of ketones is 1. The van der Waals surface area contributed by atoms with Gasteiger partial charge in [-0.05, 0) is 54.2 Å². The molecule has 134 valence electrons. The van der Waals surface area contributed by atoms with E-state index in [0.29, 0.717) is 0 Å². The summed E-state index contributed by atoms with van der Waals surface area (Å²) >= 11 is 0. The number of allylic oxidation sites excluding steroid dienone is 6. The zero-order chi connectivity index (χ0) is 19.0. The highest BCUT2D eigenvalue weighted by molar-refractivity contribution is 5.95. The van der Waals surface area contributed by atoms with Crippen molar-refractivity contribution in [3.8, 4) is 11.1 Å². The minimum absolute atomic E-state index is 0.0923. The monoisotopic (exact) mass is 353 g/mol. The summed E-state index contributed by atoms with van der Waals surface area (Å²) in [5.41, 5.74) is 9.07. The van der Waals surface area contributed by atoms with Gasteiger partial charge in [0.05, 0.1) is 5.70 Å². The average Bonchev–Trinajstić information content (AvgIpc) is 2.66. The zero-order valence-electron chi connectivity index (χ0n) is 16.0. The van der Waals surface area contributed by atoms with Crippen molar-refractivity contribution in [1.82, 2.24) is 4.90 Å². The van der Waals surface area contributed by atoms with Gasteiger partial charge in [0.1, 0.15) is 0 Å². The highest BCUT2D eigenvalue weighted by atomic mass is 16.1. The average molecular weight is 353 g/mol. The second-order valence-corrected chi connectivity index (χ2v) is 7.16. The van der Waals surface area contributed by atoms with Gasteiger partial charge in [0, 0.05) is 18.8 Å². The fourth-order valence-corrected chi connectivity index (χ4v) is 3.84. The van der Waals surface area contributed by atoms with Crippen LogP contribution < -0.4 is 0 Å². The maximum atomic E-state index is 12.1.